The van der Waals surface area contributed by atoms with Gasteiger partial charge in [0.25, 0.3) is 0 Å². The first kappa shape index (κ1) is 26.8. The fourth-order valence-electron chi connectivity index (χ4n) is 3.12. The van der Waals surface area contributed by atoms with Crippen LogP contribution in [0.4, 0.5) is 10.1 Å². The molecule has 2 rings (SSSR count). The first-order chi connectivity index (χ1) is 15.4. The molecule has 0 aromatic heterocycles. The van der Waals surface area contributed by atoms with Crippen molar-refractivity contribution in [2.45, 2.75) is 33.4 Å². The molecule has 1 N–H and O–H groups in total. The van der Waals surface area contributed by atoms with Gasteiger partial charge in [0.05, 0.1) is 11.9 Å². The van der Waals surface area contributed by atoms with E-state index in [0.29, 0.717) is 6.54 Å². The summed E-state index contributed by atoms with van der Waals surface area (Å²) in [6.45, 7) is 5.35. The van der Waals surface area contributed by atoms with Gasteiger partial charge in [0.1, 0.15) is 18.4 Å². The number of para-hydroxylation sites is 1. The van der Waals surface area contributed by atoms with Gasteiger partial charge in [-0.3, -0.25) is 13.9 Å². The van der Waals surface area contributed by atoms with Gasteiger partial charge in [-0.15, -0.1) is 0 Å². The molecule has 2 amide bonds. The Morgan fingerprint density at radius 3 is 2.33 bits per heavy atom. The van der Waals surface area contributed by atoms with Gasteiger partial charge in [0.15, 0.2) is 0 Å². The van der Waals surface area contributed by atoms with Crippen molar-refractivity contribution in [2.75, 3.05) is 23.7 Å². The molecule has 1 atom stereocenters. The molecule has 0 bridgehead atoms. The van der Waals surface area contributed by atoms with Gasteiger partial charge in [-0.25, -0.2) is 12.8 Å². The summed E-state index contributed by atoms with van der Waals surface area (Å²) in [5.74, 6) is -1.53. The maximum absolute atomic E-state index is 14.4. The summed E-state index contributed by atoms with van der Waals surface area (Å²) in [4.78, 5) is 27.4. The number of rotatable bonds is 10. The standard InChI is InChI=1S/C23H29BrFN3O4S/c1-16(2)13-26-23(30)17(3)27(14-18-8-7-9-19(24)12-18)22(29)15-28(33(4,31)32)21-11-6-5-10-20(21)25/h5-12,16-17H,13-15H2,1-4H3,(H,26,30)/t17-/m0/s1. The summed E-state index contributed by atoms with van der Waals surface area (Å²) in [6, 6.07) is 11.7. The number of carbonyl (C=O) groups is 2. The molecular formula is C23H29BrFN3O4S. The maximum atomic E-state index is 14.4. The lowest BCUT2D eigenvalue weighted by Gasteiger charge is -2.31. The Balaban J connectivity index is 2.38. The number of anilines is 1. The Hall–Kier alpha value is -2.46. The minimum atomic E-state index is -3.98. The van der Waals surface area contributed by atoms with Gasteiger partial charge < -0.3 is 10.2 Å². The molecule has 7 nitrogen and oxygen atoms in total. The van der Waals surface area contributed by atoms with Crippen LogP contribution in [-0.2, 0) is 26.2 Å². The molecular weight excluding hydrogens is 513 g/mol. The largest absolute Gasteiger partial charge is 0.354 e. The number of amides is 2. The zero-order valence-corrected chi connectivity index (χ0v) is 21.5. The molecule has 33 heavy (non-hydrogen) atoms. The topological polar surface area (TPSA) is 86.8 Å². The average Bonchev–Trinajstić information content (AvgIpc) is 2.73. The smallest absolute Gasteiger partial charge is 0.244 e. The average molecular weight is 542 g/mol. The van der Waals surface area contributed by atoms with Crippen molar-refractivity contribution in [3.63, 3.8) is 0 Å². The fraction of sp³-hybridized carbons (Fsp3) is 0.391. The van der Waals surface area contributed by atoms with Crippen molar-refractivity contribution in [2.24, 2.45) is 5.92 Å². The number of benzene rings is 2. The van der Waals surface area contributed by atoms with Crippen LogP contribution in [0.2, 0.25) is 0 Å². The van der Waals surface area contributed by atoms with Crippen molar-refractivity contribution in [1.29, 1.82) is 0 Å². The van der Waals surface area contributed by atoms with Crippen LogP contribution >= 0.6 is 15.9 Å². The van der Waals surface area contributed by atoms with E-state index in [2.05, 4.69) is 21.2 Å². The third-order valence-electron chi connectivity index (χ3n) is 4.89. The van der Waals surface area contributed by atoms with Gasteiger partial charge >= 0.3 is 0 Å². The SMILES string of the molecule is CC(C)CNC(=O)[C@H](C)N(Cc1cccc(Br)c1)C(=O)CN(c1ccccc1F)S(C)(=O)=O. The summed E-state index contributed by atoms with van der Waals surface area (Å²) >= 11 is 3.39. The molecule has 0 radical (unpaired) electrons. The summed E-state index contributed by atoms with van der Waals surface area (Å²) in [5, 5.41) is 2.80. The first-order valence-electron chi connectivity index (χ1n) is 10.4. The highest BCUT2D eigenvalue weighted by Crippen LogP contribution is 2.22. The molecule has 0 aliphatic heterocycles. The molecule has 0 aliphatic carbocycles. The van der Waals surface area contributed by atoms with Crippen molar-refractivity contribution in [1.82, 2.24) is 10.2 Å². The van der Waals surface area contributed by atoms with Crippen molar-refractivity contribution in [3.8, 4) is 0 Å². The van der Waals surface area contributed by atoms with E-state index in [-0.39, 0.29) is 24.1 Å². The predicted molar refractivity (Wildman–Crippen MR) is 131 cm³/mol. The first-order valence-corrected chi connectivity index (χ1v) is 13.1. The molecule has 0 unspecified atom stereocenters. The molecule has 0 spiro atoms. The lowest BCUT2D eigenvalue weighted by Crippen LogP contribution is -2.51. The van der Waals surface area contributed by atoms with Gasteiger partial charge in [0, 0.05) is 17.6 Å². The van der Waals surface area contributed by atoms with E-state index in [0.717, 1.165) is 26.7 Å². The van der Waals surface area contributed by atoms with E-state index in [1.807, 2.05) is 26.0 Å². The number of sulfonamides is 1. The Bertz CT molecular complexity index is 1090. The Morgan fingerprint density at radius 2 is 1.76 bits per heavy atom. The van der Waals surface area contributed by atoms with Crippen LogP contribution in [0, 0.1) is 11.7 Å². The van der Waals surface area contributed by atoms with Crippen molar-refractivity contribution >= 4 is 43.5 Å². The van der Waals surface area contributed by atoms with Crippen molar-refractivity contribution < 1.29 is 22.4 Å². The Kier molecular flexibility index (Phi) is 9.42. The number of hydrogen-bond acceptors (Lipinski definition) is 4. The monoisotopic (exact) mass is 541 g/mol. The van der Waals surface area contributed by atoms with Gasteiger partial charge in [-0.1, -0.05) is 54.0 Å². The number of halogens is 2. The van der Waals surface area contributed by atoms with E-state index in [1.165, 1.54) is 23.1 Å². The van der Waals surface area contributed by atoms with E-state index in [4.69, 9.17) is 0 Å². The van der Waals surface area contributed by atoms with Crippen molar-refractivity contribution in [3.05, 3.63) is 64.4 Å². The van der Waals surface area contributed by atoms with E-state index in [1.54, 1.807) is 19.1 Å². The van der Waals surface area contributed by atoms with E-state index >= 15 is 0 Å². The lowest BCUT2D eigenvalue weighted by atomic mass is 10.1. The summed E-state index contributed by atoms with van der Waals surface area (Å²) in [5.41, 5.74) is 0.519. The quantitative estimate of drug-likeness (QED) is 0.498. The van der Waals surface area contributed by atoms with Crippen LogP contribution in [0.5, 0.6) is 0 Å². The highest BCUT2D eigenvalue weighted by molar-refractivity contribution is 9.10. The fourth-order valence-corrected chi connectivity index (χ4v) is 4.41. The predicted octanol–water partition coefficient (Wildman–Crippen LogP) is 3.54. The Morgan fingerprint density at radius 1 is 1.09 bits per heavy atom. The van der Waals surface area contributed by atoms with Crippen LogP contribution < -0.4 is 9.62 Å². The lowest BCUT2D eigenvalue weighted by molar-refractivity contribution is -0.139. The van der Waals surface area contributed by atoms with Crippen LogP contribution in [0.15, 0.2) is 53.0 Å². The molecule has 180 valence electrons. The second kappa shape index (κ2) is 11.6. The van der Waals surface area contributed by atoms with Crippen LogP contribution in [-0.4, -0.2) is 50.5 Å². The summed E-state index contributed by atoms with van der Waals surface area (Å²) in [6.07, 6.45) is 0.907. The van der Waals surface area contributed by atoms with Crippen LogP contribution in [0.1, 0.15) is 26.3 Å². The van der Waals surface area contributed by atoms with Crippen LogP contribution in [0.3, 0.4) is 0 Å². The molecule has 0 fully saturated rings. The van der Waals surface area contributed by atoms with E-state index < -0.39 is 34.3 Å². The minimum absolute atomic E-state index is 0.0728. The molecule has 0 heterocycles. The molecule has 0 aliphatic rings. The molecule has 10 heteroatoms. The van der Waals surface area contributed by atoms with E-state index in [9.17, 15) is 22.4 Å². The summed E-state index contributed by atoms with van der Waals surface area (Å²) in [7, 11) is -3.98. The zero-order valence-electron chi connectivity index (χ0n) is 19.1. The number of hydrogen-bond donors (Lipinski definition) is 1. The number of nitrogens with one attached hydrogen (secondary N) is 1. The third kappa shape index (κ3) is 7.82. The normalized spacial score (nSPS) is 12.3. The summed E-state index contributed by atoms with van der Waals surface area (Å²) < 4.78 is 40.8. The molecule has 2 aromatic rings. The molecule has 0 saturated heterocycles. The number of nitrogens with zero attached hydrogens (tertiary/aromatic N) is 2. The molecule has 0 saturated carbocycles. The number of carbonyl (C=O) groups excluding carboxylic acids is 2. The minimum Gasteiger partial charge on any atom is -0.354 e. The second-order valence-electron chi connectivity index (χ2n) is 8.19. The highest BCUT2D eigenvalue weighted by atomic mass is 79.9. The zero-order chi connectivity index (χ0) is 24.8. The van der Waals surface area contributed by atoms with Gasteiger partial charge in [-0.05, 0) is 42.7 Å². The Labute approximate surface area is 203 Å². The molecule has 2 aromatic carbocycles. The third-order valence-corrected chi connectivity index (χ3v) is 6.51. The van der Waals surface area contributed by atoms with Crippen LogP contribution in [0.25, 0.3) is 0 Å². The maximum Gasteiger partial charge on any atom is 0.244 e. The highest BCUT2D eigenvalue weighted by Gasteiger charge is 2.31. The van der Waals surface area contributed by atoms with Gasteiger partial charge in [0.2, 0.25) is 21.8 Å². The van der Waals surface area contributed by atoms with Gasteiger partial charge in [-0.2, -0.15) is 0 Å². The second-order valence-corrected chi connectivity index (χ2v) is 11.0.